The van der Waals surface area contributed by atoms with Gasteiger partial charge in [0.05, 0.1) is 0 Å². The number of piperidine rings is 1. The SMILES string of the molecule is CCCN1CC(NC(C)=O)CC(c2cccs2)C1. The number of nitrogens with one attached hydrogen (secondary N) is 1. The highest BCUT2D eigenvalue weighted by Gasteiger charge is 2.28. The van der Waals surface area contributed by atoms with Crippen LogP contribution in [0.3, 0.4) is 0 Å². The van der Waals surface area contributed by atoms with E-state index < -0.39 is 0 Å². The Bertz CT molecular complexity index is 377. The summed E-state index contributed by atoms with van der Waals surface area (Å²) in [4.78, 5) is 15.2. The summed E-state index contributed by atoms with van der Waals surface area (Å²) in [5, 5.41) is 5.23. The molecule has 0 aromatic carbocycles. The minimum absolute atomic E-state index is 0.0864. The van der Waals surface area contributed by atoms with Gasteiger partial charge in [-0.3, -0.25) is 4.79 Å². The summed E-state index contributed by atoms with van der Waals surface area (Å²) in [6, 6.07) is 4.64. The number of carbonyl (C=O) groups is 1. The van der Waals surface area contributed by atoms with Gasteiger partial charge in [-0.1, -0.05) is 13.0 Å². The summed E-state index contributed by atoms with van der Waals surface area (Å²) in [5.74, 6) is 0.658. The fourth-order valence-corrected chi connectivity index (χ4v) is 3.65. The Morgan fingerprint density at radius 3 is 3.00 bits per heavy atom. The van der Waals surface area contributed by atoms with Crippen LogP contribution in [-0.4, -0.2) is 36.5 Å². The lowest BCUT2D eigenvalue weighted by molar-refractivity contribution is -0.120. The third kappa shape index (κ3) is 3.56. The van der Waals surface area contributed by atoms with Crippen LogP contribution in [0.1, 0.15) is 37.5 Å². The second kappa shape index (κ2) is 6.34. The highest BCUT2D eigenvalue weighted by atomic mass is 32.1. The molecule has 2 unspecified atom stereocenters. The third-order valence-corrected chi connectivity index (χ3v) is 4.45. The maximum Gasteiger partial charge on any atom is 0.217 e. The zero-order valence-corrected chi connectivity index (χ0v) is 12.0. The molecule has 1 aromatic rings. The Morgan fingerprint density at radius 1 is 1.56 bits per heavy atom. The zero-order valence-electron chi connectivity index (χ0n) is 11.2. The Morgan fingerprint density at radius 2 is 2.39 bits per heavy atom. The van der Waals surface area contributed by atoms with E-state index in [9.17, 15) is 4.79 Å². The van der Waals surface area contributed by atoms with Crippen molar-refractivity contribution in [3.05, 3.63) is 22.4 Å². The van der Waals surface area contributed by atoms with Gasteiger partial charge in [0.1, 0.15) is 0 Å². The first kappa shape index (κ1) is 13.6. The highest BCUT2D eigenvalue weighted by molar-refractivity contribution is 7.10. The molecular formula is C14H22N2OS. The van der Waals surface area contributed by atoms with Crippen LogP contribution in [0.4, 0.5) is 0 Å². The van der Waals surface area contributed by atoms with E-state index in [1.165, 1.54) is 11.3 Å². The van der Waals surface area contributed by atoms with E-state index in [2.05, 4.69) is 34.7 Å². The van der Waals surface area contributed by atoms with E-state index in [0.717, 1.165) is 26.1 Å². The predicted molar refractivity (Wildman–Crippen MR) is 76.0 cm³/mol. The number of likely N-dealkylation sites (tertiary alicyclic amines) is 1. The fourth-order valence-electron chi connectivity index (χ4n) is 2.81. The van der Waals surface area contributed by atoms with Gasteiger partial charge in [0, 0.05) is 36.9 Å². The molecule has 1 aliphatic rings. The van der Waals surface area contributed by atoms with Crippen molar-refractivity contribution in [1.82, 2.24) is 10.2 Å². The smallest absolute Gasteiger partial charge is 0.217 e. The Balaban J connectivity index is 2.04. The van der Waals surface area contributed by atoms with Crippen LogP contribution in [0.5, 0.6) is 0 Å². The van der Waals surface area contributed by atoms with Gasteiger partial charge in [-0.15, -0.1) is 11.3 Å². The molecule has 0 aliphatic carbocycles. The molecule has 2 atom stereocenters. The van der Waals surface area contributed by atoms with Crippen LogP contribution in [0.15, 0.2) is 17.5 Å². The molecule has 2 rings (SSSR count). The van der Waals surface area contributed by atoms with Crippen LogP contribution in [-0.2, 0) is 4.79 Å². The standard InChI is InChI=1S/C14H22N2OS/c1-3-6-16-9-12(14-5-4-7-18-14)8-13(10-16)15-11(2)17/h4-5,7,12-13H,3,6,8-10H2,1-2H3,(H,15,17). The first-order valence-corrected chi connectivity index (χ1v) is 7.60. The number of thiophene rings is 1. The maximum atomic E-state index is 11.2. The van der Waals surface area contributed by atoms with Crippen molar-refractivity contribution in [3.8, 4) is 0 Å². The molecular weight excluding hydrogens is 244 g/mol. The molecule has 100 valence electrons. The fraction of sp³-hybridized carbons (Fsp3) is 0.643. The molecule has 1 N–H and O–H groups in total. The maximum absolute atomic E-state index is 11.2. The third-order valence-electron chi connectivity index (χ3n) is 3.42. The molecule has 1 fully saturated rings. The lowest BCUT2D eigenvalue weighted by Gasteiger charge is -2.37. The lowest BCUT2D eigenvalue weighted by atomic mass is 9.92. The van der Waals surface area contributed by atoms with Crippen LogP contribution < -0.4 is 5.32 Å². The van der Waals surface area contributed by atoms with Crippen molar-refractivity contribution in [3.63, 3.8) is 0 Å². The lowest BCUT2D eigenvalue weighted by Crippen LogP contribution is -2.49. The van der Waals surface area contributed by atoms with Gasteiger partial charge in [0.15, 0.2) is 0 Å². The van der Waals surface area contributed by atoms with Gasteiger partial charge < -0.3 is 10.2 Å². The molecule has 0 spiro atoms. The van der Waals surface area contributed by atoms with Gasteiger partial charge in [0.25, 0.3) is 0 Å². The minimum Gasteiger partial charge on any atom is -0.352 e. The Kier molecular flexibility index (Phi) is 4.78. The minimum atomic E-state index is 0.0864. The van der Waals surface area contributed by atoms with Crippen LogP contribution in [0, 0.1) is 0 Å². The van der Waals surface area contributed by atoms with E-state index in [1.54, 1.807) is 6.92 Å². The summed E-state index contributed by atoms with van der Waals surface area (Å²) in [5.41, 5.74) is 0. The summed E-state index contributed by atoms with van der Waals surface area (Å²) in [7, 11) is 0. The normalized spacial score (nSPS) is 25.0. The number of rotatable bonds is 4. The van der Waals surface area contributed by atoms with Crippen molar-refractivity contribution in [2.75, 3.05) is 19.6 Å². The van der Waals surface area contributed by atoms with Crippen LogP contribution in [0.2, 0.25) is 0 Å². The van der Waals surface area contributed by atoms with E-state index in [1.807, 2.05) is 11.3 Å². The quantitative estimate of drug-likeness (QED) is 0.908. The first-order chi connectivity index (χ1) is 8.69. The van der Waals surface area contributed by atoms with Gasteiger partial charge in [-0.25, -0.2) is 0 Å². The zero-order chi connectivity index (χ0) is 13.0. The van der Waals surface area contributed by atoms with Gasteiger partial charge in [0.2, 0.25) is 5.91 Å². The van der Waals surface area contributed by atoms with Gasteiger partial charge >= 0.3 is 0 Å². The van der Waals surface area contributed by atoms with Crippen molar-refractivity contribution >= 4 is 17.2 Å². The Labute approximate surface area is 113 Å². The van der Waals surface area contributed by atoms with E-state index in [4.69, 9.17) is 0 Å². The average Bonchev–Trinajstić information content (AvgIpc) is 2.81. The van der Waals surface area contributed by atoms with E-state index in [-0.39, 0.29) is 5.91 Å². The second-order valence-electron chi connectivity index (χ2n) is 5.11. The molecule has 18 heavy (non-hydrogen) atoms. The predicted octanol–water partition coefficient (Wildman–Crippen LogP) is 2.45. The number of nitrogens with zero attached hydrogens (tertiary/aromatic N) is 1. The molecule has 3 nitrogen and oxygen atoms in total. The van der Waals surface area contributed by atoms with Crippen molar-refractivity contribution in [2.24, 2.45) is 0 Å². The molecule has 1 amide bonds. The topological polar surface area (TPSA) is 32.3 Å². The molecule has 2 heterocycles. The van der Waals surface area contributed by atoms with E-state index in [0.29, 0.717) is 12.0 Å². The summed E-state index contributed by atoms with van der Waals surface area (Å²) in [6.07, 6.45) is 2.24. The van der Waals surface area contributed by atoms with Gasteiger partial charge in [-0.2, -0.15) is 0 Å². The van der Waals surface area contributed by atoms with Crippen molar-refractivity contribution < 1.29 is 4.79 Å². The summed E-state index contributed by atoms with van der Waals surface area (Å²) < 4.78 is 0. The van der Waals surface area contributed by atoms with Crippen LogP contribution in [0.25, 0.3) is 0 Å². The number of hydrogen-bond donors (Lipinski definition) is 1. The average molecular weight is 266 g/mol. The monoisotopic (exact) mass is 266 g/mol. The van der Waals surface area contributed by atoms with Gasteiger partial charge in [-0.05, 0) is 30.8 Å². The number of amides is 1. The first-order valence-electron chi connectivity index (χ1n) is 6.72. The van der Waals surface area contributed by atoms with Crippen molar-refractivity contribution in [1.29, 1.82) is 0 Å². The van der Waals surface area contributed by atoms with Crippen LogP contribution >= 0.6 is 11.3 Å². The number of hydrogen-bond acceptors (Lipinski definition) is 3. The largest absolute Gasteiger partial charge is 0.352 e. The molecule has 1 aromatic heterocycles. The molecule has 4 heteroatoms. The second-order valence-corrected chi connectivity index (χ2v) is 6.08. The Hall–Kier alpha value is -0.870. The molecule has 0 saturated carbocycles. The molecule has 0 radical (unpaired) electrons. The van der Waals surface area contributed by atoms with E-state index >= 15 is 0 Å². The number of carbonyl (C=O) groups excluding carboxylic acids is 1. The molecule has 1 aliphatic heterocycles. The molecule has 0 bridgehead atoms. The summed E-state index contributed by atoms with van der Waals surface area (Å²) in [6.45, 7) is 7.07. The summed E-state index contributed by atoms with van der Waals surface area (Å²) >= 11 is 1.83. The highest BCUT2D eigenvalue weighted by Crippen LogP contribution is 2.30. The molecule has 1 saturated heterocycles. The van der Waals surface area contributed by atoms with Crippen molar-refractivity contribution in [2.45, 2.75) is 38.6 Å².